The van der Waals surface area contributed by atoms with Gasteiger partial charge in [-0.2, -0.15) is 0 Å². The lowest BCUT2D eigenvalue weighted by Gasteiger charge is -2.59. The first-order valence-corrected chi connectivity index (χ1v) is 8.78. The number of aliphatic hydroxyl groups excluding tert-OH is 1. The van der Waals surface area contributed by atoms with E-state index in [-0.39, 0.29) is 16.9 Å². The number of rotatable bonds is 4. The Labute approximate surface area is 136 Å². The number of aliphatic hydroxyl groups is 2. The van der Waals surface area contributed by atoms with E-state index in [0.717, 1.165) is 19.3 Å². The molecule has 1 fully saturated rings. The number of fused-ring (bicyclic) bond motifs is 1. The third-order valence-corrected chi connectivity index (χ3v) is 7.22. The van der Waals surface area contributed by atoms with Gasteiger partial charge in [-0.25, -0.2) is 0 Å². The van der Waals surface area contributed by atoms with Crippen molar-refractivity contribution < 1.29 is 10.2 Å². The molecule has 2 unspecified atom stereocenters. The van der Waals surface area contributed by atoms with Gasteiger partial charge >= 0.3 is 0 Å². The van der Waals surface area contributed by atoms with E-state index in [1.54, 1.807) is 6.08 Å². The van der Waals surface area contributed by atoms with Crippen LogP contribution >= 0.6 is 0 Å². The molecule has 2 aliphatic rings. The zero-order valence-electron chi connectivity index (χ0n) is 15.0. The molecule has 0 amide bonds. The minimum Gasteiger partial charge on any atom is -0.389 e. The summed E-state index contributed by atoms with van der Waals surface area (Å²) >= 11 is 0. The topological polar surface area (TPSA) is 40.5 Å². The molecule has 0 aromatic rings. The van der Waals surface area contributed by atoms with Crippen molar-refractivity contribution in [1.82, 2.24) is 0 Å². The zero-order chi connectivity index (χ0) is 16.8. The summed E-state index contributed by atoms with van der Waals surface area (Å²) in [7, 11) is 0. The minimum absolute atomic E-state index is 0.149. The van der Waals surface area contributed by atoms with Crippen LogP contribution in [0.15, 0.2) is 24.3 Å². The van der Waals surface area contributed by atoms with Crippen LogP contribution in [0.5, 0.6) is 0 Å². The summed E-state index contributed by atoms with van der Waals surface area (Å²) in [6.45, 7) is 14.9. The Hall–Kier alpha value is -0.600. The summed E-state index contributed by atoms with van der Waals surface area (Å²) in [5.74, 6) is 1.09. The van der Waals surface area contributed by atoms with Crippen molar-refractivity contribution in [2.75, 3.05) is 0 Å². The smallest absolute Gasteiger partial charge is 0.0797 e. The molecule has 2 nitrogen and oxygen atoms in total. The van der Waals surface area contributed by atoms with Crippen LogP contribution in [-0.4, -0.2) is 21.9 Å². The van der Waals surface area contributed by atoms with Gasteiger partial charge in [-0.1, -0.05) is 38.5 Å². The third kappa shape index (κ3) is 2.92. The molecule has 0 radical (unpaired) electrons. The summed E-state index contributed by atoms with van der Waals surface area (Å²) in [4.78, 5) is 0. The molecule has 2 N–H and O–H groups in total. The van der Waals surface area contributed by atoms with Crippen LogP contribution in [0.1, 0.15) is 66.7 Å². The van der Waals surface area contributed by atoms with E-state index in [1.807, 2.05) is 6.92 Å². The highest BCUT2D eigenvalue weighted by molar-refractivity contribution is 5.23. The molecule has 0 aromatic carbocycles. The second kappa shape index (κ2) is 5.79. The fourth-order valence-electron chi connectivity index (χ4n) is 4.93. The molecule has 0 saturated heterocycles. The molecule has 1 saturated carbocycles. The van der Waals surface area contributed by atoms with E-state index < -0.39 is 5.60 Å². The van der Waals surface area contributed by atoms with Crippen LogP contribution in [-0.2, 0) is 0 Å². The van der Waals surface area contributed by atoms with Crippen LogP contribution in [0, 0.1) is 22.7 Å². The zero-order valence-corrected chi connectivity index (χ0v) is 15.0. The lowest BCUT2D eigenvalue weighted by atomic mass is 9.46. The van der Waals surface area contributed by atoms with Crippen LogP contribution in [0.25, 0.3) is 0 Å². The van der Waals surface area contributed by atoms with E-state index in [0.29, 0.717) is 11.8 Å². The first-order chi connectivity index (χ1) is 10.0. The number of allylic oxidation sites excluding steroid dienone is 1. The summed E-state index contributed by atoms with van der Waals surface area (Å²) in [5.41, 5.74) is 0.899. The van der Waals surface area contributed by atoms with Crippen molar-refractivity contribution in [3.05, 3.63) is 24.3 Å². The normalized spacial score (nSPS) is 44.7. The lowest BCUT2D eigenvalue weighted by molar-refractivity contribution is -0.0740. The average molecular weight is 306 g/mol. The summed E-state index contributed by atoms with van der Waals surface area (Å²) in [6.07, 6.45) is 8.41. The van der Waals surface area contributed by atoms with Gasteiger partial charge < -0.3 is 10.2 Å². The SMILES string of the molecule is C=C[C@](C)(O)CC[C@@]1(C)C(C)CC[C@@]2(C)C(C)=CC(O)C[C@@H]21. The Morgan fingerprint density at radius 3 is 2.68 bits per heavy atom. The second-order valence-electron chi connectivity index (χ2n) is 8.63. The molecule has 0 spiro atoms. The summed E-state index contributed by atoms with van der Waals surface area (Å²) < 4.78 is 0. The largest absolute Gasteiger partial charge is 0.389 e. The van der Waals surface area contributed by atoms with Crippen LogP contribution in [0.3, 0.4) is 0 Å². The molecule has 0 aromatic heterocycles. The van der Waals surface area contributed by atoms with E-state index in [2.05, 4.69) is 40.3 Å². The van der Waals surface area contributed by atoms with E-state index in [1.165, 1.54) is 18.4 Å². The van der Waals surface area contributed by atoms with Gasteiger partial charge in [0, 0.05) is 0 Å². The summed E-state index contributed by atoms with van der Waals surface area (Å²) in [5, 5.41) is 20.6. The second-order valence-corrected chi connectivity index (χ2v) is 8.63. The quantitative estimate of drug-likeness (QED) is 0.752. The van der Waals surface area contributed by atoms with Crippen molar-refractivity contribution in [3.8, 4) is 0 Å². The van der Waals surface area contributed by atoms with Gasteiger partial charge in [0.25, 0.3) is 0 Å². The fourth-order valence-corrected chi connectivity index (χ4v) is 4.93. The molecule has 0 aliphatic heterocycles. The molecule has 6 atom stereocenters. The number of hydrogen-bond acceptors (Lipinski definition) is 2. The summed E-state index contributed by atoms with van der Waals surface area (Å²) in [6, 6.07) is 0. The van der Waals surface area contributed by atoms with Crippen LogP contribution < -0.4 is 0 Å². The number of hydrogen-bond donors (Lipinski definition) is 2. The monoisotopic (exact) mass is 306 g/mol. The molecular weight excluding hydrogens is 272 g/mol. The molecule has 126 valence electrons. The first kappa shape index (κ1) is 17.7. The highest BCUT2D eigenvalue weighted by atomic mass is 16.3. The highest BCUT2D eigenvalue weighted by Gasteiger charge is 2.54. The van der Waals surface area contributed by atoms with Gasteiger partial charge in [0.1, 0.15) is 0 Å². The molecule has 2 aliphatic carbocycles. The average Bonchev–Trinajstić information content (AvgIpc) is 2.45. The standard InChI is InChI=1S/C20H34O2/c1-7-18(4,22)10-11-20(6)14(2)8-9-19(5)15(3)12-16(21)13-17(19)20/h7,12,14,16-17,21-22H,1,8-11,13H2,2-6H3/t14?,16?,17-,18-,19-,20-/m0/s1. The molecule has 2 heteroatoms. The van der Waals surface area contributed by atoms with Crippen molar-refractivity contribution in [1.29, 1.82) is 0 Å². The predicted octanol–water partition coefficient (Wildman–Crippen LogP) is 4.47. The maximum absolute atomic E-state index is 10.3. The predicted molar refractivity (Wildman–Crippen MR) is 92.5 cm³/mol. The Balaban J connectivity index is 2.32. The maximum Gasteiger partial charge on any atom is 0.0797 e. The maximum atomic E-state index is 10.3. The minimum atomic E-state index is -0.797. The van der Waals surface area contributed by atoms with Crippen LogP contribution in [0.4, 0.5) is 0 Å². The van der Waals surface area contributed by atoms with E-state index >= 15 is 0 Å². The van der Waals surface area contributed by atoms with Gasteiger partial charge in [0.15, 0.2) is 0 Å². The molecule has 2 rings (SSSR count). The highest BCUT2D eigenvalue weighted by Crippen LogP contribution is 2.62. The Kier molecular flexibility index (Phi) is 4.68. The van der Waals surface area contributed by atoms with E-state index in [4.69, 9.17) is 0 Å². The molecule has 0 heterocycles. The molecule has 22 heavy (non-hydrogen) atoms. The molecule has 0 bridgehead atoms. The van der Waals surface area contributed by atoms with Gasteiger partial charge in [-0.05, 0) is 68.6 Å². The third-order valence-electron chi connectivity index (χ3n) is 7.22. The fraction of sp³-hybridized carbons (Fsp3) is 0.800. The van der Waals surface area contributed by atoms with Crippen molar-refractivity contribution >= 4 is 0 Å². The lowest BCUT2D eigenvalue weighted by Crippen LogP contribution is -2.52. The van der Waals surface area contributed by atoms with Crippen molar-refractivity contribution in [3.63, 3.8) is 0 Å². The van der Waals surface area contributed by atoms with E-state index in [9.17, 15) is 10.2 Å². The Bertz CT molecular complexity index is 464. The van der Waals surface area contributed by atoms with Crippen molar-refractivity contribution in [2.24, 2.45) is 22.7 Å². The Morgan fingerprint density at radius 2 is 2.09 bits per heavy atom. The Morgan fingerprint density at radius 1 is 1.45 bits per heavy atom. The van der Waals surface area contributed by atoms with Gasteiger partial charge in [-0.3, -0.25) is 0 Å². The molecular formula is C20H34O2. The van der Waals surface area contributed by atoms with Crippen LogP contribution in [0.2, 0.25) is 0 Å². The first-order valence-electron chi connectivity index (χ1n) is 8.78. The van der Waals surface area contributed by atoms with Gasteiger partial charge in [0.2, 0.25) is 0 Å². The van der Waals surface area contributed by atoms with Gasteiger partial charge in [0.05, 0.1) is 11.7 Å². The van der Waals surface area contributed by atoms with Crippen molar-refractivity contribution in [2.45, 2.75) is 78.4 Å². The van der Waals surface area contributed by atoms with Gasteiger partial charge in [-0.15, -0.1) is 6.58 Å².